The first-order chi connectivity index (χ1) is 15.9. The van der Waals surface area contributed by atoms with Gasteiger partial charge in [0.2, 0.25) is 5.91 Å². The molecule has 0 unspecified atom stereocenters. The third kappa shape index (κ3) is 3.35. The molecule has 7 rings (SSSR count). The van der Waals surface area contributed by atoms with E-state index in [0.29, 0.717) is 11.1 Å². The van der Waals surface area contributed by atoms with E-state index in [9.17, 15) is 9.59 Å². The van der Waals surface area contributed by atoms with E-state index < -0.39 is 0 Å². The van der Waals surface area contributed by atoms with Crippen LogP contribution in [-0.2, 0) is 10.2 Å². The van der Waals surface area contributed by atoms with Crippen molar-refractivity contribution >= 4 is 22.6 Å². The number of benzene rings is 3. The number of rotatable bonds is 4. The Kier molecular flexibility index (Phi) is 4.62. The van der Waals surface area contributed by atoms with Crippen molar-refractivity contribution in [3.63, 3.8) is 0 Å². The number of primary amides is 1. The lowest BCUT2D eigenvalue weighted by Crippen LogP contribution is -2.49. The fourth-order valence-electron chi connectivity index (χ4n) is 7.49. The van der Waals surface area contributed by atoms with E-state index in [1.807, 2.05) is 30.3 Å². The van der Waals surface area contributed by atoms with Gasteiger partial charge in [0.05, 0.1) is 12.7 Å². The predicted molar refractivity (Wildman–Crippen MR) is 129 cm³/mol. The van der Waals surface area contributed by atoms with Crippen molar-refractivity contribution in [1.82, 2.24) is 0 Å². The van der Waals surface area contributed by atoms with Gasteiger partial charge in [-0.15, -0.1) is 0 Å². The zero-order chi connectivity index (χ0) is 22.7. The minimum absolute atomic E-state index is 0.0986. The molecule has 168 valence electrons. The molecular weight excluding hydrogens is 410 g/mol. The number of fused-ring (bicyclic) bond motifs is 1. The van der Waals surface area contributed by atoms with Crippen LogP contribution in [0.15, 0.2) is 54.6 Å². The van der Waals surface area contributed by atoms with E-state index >= 15 is 0 Å². The predicted octanol–water partition coefficient (Wildman–Crippen LogP) is 5.86. The van der Waals surface area contributed by atoms with Gasteiger partial charge in [0.15, 0.2) is 0 Å². The summed E-state index contributed by atoms with van der Waals surface area (Å²) in [6.07, 6.45) is 7.67. The summed E-state index contributed by atoms with van der Waals surface area (Å²) in [5, 5.41) is 2.06. The van der Waals surface area contributed by atoms with Gasteiger partial charge in [0.1, 0.15) is 0 Å². The van der Waals surface area contributed by atoms with Crippen LogP contribution in [0.1, 0.15) is 64.8 Å². The highest BCUT2D eigenvalue weighted by atomic mass is 16.5. The number of ether oxygens (including phenoxy) is 1. The summed E-state index contributed by atoms with van der Waals surface area (Å²) >= 11 is 0. The Hall–Kier alpha value is -3.14. The maximum absolute atomic E-state index is 12.4. The van der Waals surface area contributed by atoms with E-state index in [1.54, 1.807) is 6.07 Å². The molecule has 4 aliphatic rings. The van der Waals surface area contributed by atoms with Crippen molar-refractivity contribution < 1.29 is 14.3 Å². The Labute approximate surface area is 194 Å². The average molecular weight is 440 g/mol. The van der Waals surface area contributed by atoms with Crippen molar-refractivity contribution in [2.24, 2.45) is 23.5 Å². The molecule has 0 atom stereocenters. The lowest BCUT2D eigenvalue weighted by atomic mass is 9.47. The molecule has 4 nitrogen and oxygen atoms in total. The molecule has 0 heterocycles. The summed E-state index contributed by atoms with van der Waals surface area (Å²) < 4.78 is 4.85. The molecule has 4 fully saturated rings. The molecule has 0 saturated heterocycles. The third-order valence-electron chi connectivity index (χ3n) is 8.49. The average Bonchev–Trinajstić information content (AvgIpc) is 2.81. The summed E-state index contributed by atoms with van der Waals surface area (Å²) in [5.74, 6) is 1.74. The maximum atomic E-state index is 12.4. The van der Waals surface area contributed by atoms with Crippen molar-refractivity contribution in [2.45, 2.75) is 43.9 Å². The minimum Gasteiger partial charge on any atom is -0.465 e. The van der Waals surface area contributed by atoms with Gasteiger partial charge in [0, 0.05) is 5.56 Å². The molecule has 4 heteroatoms. The Balaban J connectivity index is 1.43. The highest BCUT2D eigenvalue weighted by Gasteiger charge is 2.52. The van der Waals surface area contributed by atoms with E-state index in [1.165, 1.54) is 51.2 Å². The van der Waals surface area contributed by atoms with Crippen LogP contribution in [0.4, 0.5) is 0 Å². The molecule has 3 aromatic carbocycles. The number of methoxy groups -OCH3 is 1. The van der Waals surface area contributed by atoms with E-state index in [-0.39, 0.29) is 17.3 Å². The molecule has 3 aromatic rings. The van der Waals surface area contributed by atoms with Crippen LogP contribution >= 0.6 is 0 Å². The van der Waals surface area contributed by atoms with Gasteiger partial charge in [-0.05, 0) is 119 Å². The van der Waals surface area contributed by atoms with Crippen LogP contribution in [-0.4, -0.2) is 19.0 Å². The molecular formula is C29H29NO3. The number of carbonyl (C=O) groups excluding carboxylic acids is 2. The summed E-state index contributed by atoms with van der Waals surface area (Å²) in [4.78, 5) is 24.3. The van der Waals surface area contributed by atoms with Gasteiger partial charge >= 0.3 is 5.97 Å². The van der Waals surface area contributed by atoms with Gasteiger partial charge in [-0.3, -0.25) is 4.79 Å². The van der Waals surface area contributed by atoms with E-state index in [4.69, 9.17) is 10.5 Å². The smallest absolute Gasteiger partial charge is 0.337 e. The number of hydrogen-bond donors (Lipinski definition) is 1. The summed E-state index contributed by atoms with van der Waals surface area (Å²) in [7, 11) is 1.40. The molecule has 4 bridgehead atoms. The Morgan fingerprint density at radius 1 is 0.818 bits per heavy atom. The Bertz CT molecular complexity index is 1260. The number of esters is 1. The maximum Gasteiger partial charge on any atom is 0.337 e. The fourth-order valence-corrected chi connectivity index (χ4v) is 7.49. The quantitative estimate of drug-likeness (QED) is 0.518. The molecule has 1 amide bonds. The second-order valence-corrected chi connectivity index (χ2v) is 10.6. The summed E-state index contributed by atoms with van der Waals surface area (Å²) in [5.41, 5.74) is 10.6. The highest BCUT2D eigenvalue weighted by Crippen LogP contribution is 2.61. The van der Waals surface area contributed by atoms with Crippen LogP contribution in [0.5, 0.6) is 0 Å². The van der Waals surface area contributed by atoms with E-state index in [2.05, 4.69) is 18.2 Å². The van der Waals surface area contributed by atoms with Crippen LogP contribution < -0.4 is 5.73 Å². The molecule has 0 spiro atoms. The molecule has 4 saturated carbocycles. The summed E-state index contributed by atoms with van der Waals surface area (Å²) in [6, 6.07) is 18.1. The Morgan fingerprint density at radius 3 is 2.03 bits per heavy atom. The van der Waals surface area contributed by atoms with Crippen LogP contribution in [0.2, 0.25) is 0 Å². The lowest BCUT2D eigenvalue weighted by Gasteiger charge is -2.57. The molecule has 2 N–H and O–H groups in total. The topological polar surface area (TPSA) is 69.4 Å². The fraction of sp³-hybridized carbons (Fsp3) is 0.379. The van der Waals surface area contributed by atoms with Gasteiger partial charge in [0.25, 0.3) is 0 Å². The monoisotopic (exact) mass is 439 g/mol. The van der Waals surface area contributed by atoms with Crippen molar-refractivity contribution in [3.05, 3.63) is 71.3 Å². The van der Waals surface area contributed by atoms with Crippen molar-refractivity contribution in [1.29, 1.82) is 0 Å². The van der Waals surface area contributed by atoms with E-state index in [0.717, 1.165) is 39.7 Å². The molecule has 0 aromatic heterocycles. The zero-order valence-corrected chi connectivity index (χ0v) is 19.0. The van der Waals surface area contributed by atoms with Crippen molar-refractivity contribution in [3.8, 4) is 11.1 Å². The Morgan fingerprint density at radius 2 is 1.39 bits per heavy atom. The molecule has 0 aliphatic heterocycles. The second kappa shape index (κ2) is 7.44. The highest BCUT2D eigenvalue weighted by molar-refractivity contribution is 5.97. The minimum atomic E-state index is -0.330. The SMILES string of the molecule is COC(=O)c1ccc2cc(-c3ccc(C(N)=O)c(C45CC6CC(CC(C6)C4)C5)c3)ccc2c1. The summed E-state index contributed by atoms with van der Waals surface area (Å²) in [6.45, 7) is 0. The number of hydrogen-bond acceptors (Lipinski definition) is 3. The first-order valence-corrected chi connectivity index (χ1v) is 12.0. The standard InChI is InChI=1S/C29H29NO3/c1-33-28(32)24-5-4-20-11-21(2-3-22(20)12-24)23-6-7-25(27(30)31)26(13-23)29-14-17-8-18(15-29)10-19(9-17)16-29/h2-7,11-13,17-19H,8-10,14-16H2,1H3,(H2,30,31). The van der Waals surface area contributed by atoms with Crippen molar-refractivity contribution in [2.75, 3.05) is 7.11 Å². The lowest BCUT2D eigenvalue weighted by molar-refractivity contribution is -0.00550. The molecule has 0 radical (unpaired) electrons. The first kappa shape index (κ1) is 20.5. The largest absolute Gasteiger partial charge is 0.465 e. The van der Waals surface area contributed by atoms with Gasteiger partial charge in [-0.25, -0.2) is 4.79 Å². The van der Waals surface area contributed by atoms with Crippen LogP contribution in [0.3, 0.4) is 0 Å². The third-order valence-corrected chi connectivity index (χ3v) is 8.49. The van der Waals surface area contributed by atoms with Gasteiger partial charge in [-0.1, -0.05) is 24.3 Å². The number of nitrogens with two attached hydrogens (primary N) is 1. The second-order valence-electron chi connectivity index (χ2n) is 10.6. The van der Waals surface area contributed by atoms with Gasteiger partial charge in [-0.2, -0.15) is 0 Å². The normalized spacial score (nSPS) is 27.6. The van der Waals surface area contributed by atoms with Crippen LogP contribution in [0, 0.1) is 17.8 Å². The molecule has 33 heavy (non-hydrogen) atoms. The zero-order valence-electron chi connectivity index (χ0n) is 19.0. The number of carbonyl (C=O) groups is 2. The van der Waals surface area contributed by atoms with Gasteiger partial charge < -0.3 is 10.5 Å². The first-order valence-electron chi connectivity index (χ1n) is 12.0. The van der Waals surface area contributed by atoms with Crippen LogP contribution in [0.25, 0.3) is 21.9 Å². The number of amides is 1. The molecule has 4 aliphatic carbocycles.